The van der Waals surface area contributed by atoms with Gasteiger partial charge in [-0.15, -0.1) is 0 Å². The lowest BCUT2D eigenvalue weighted by Crippen LogP contribution is -2.48. The third-order valence-corrected chi connectivity index (χ3v) is 4.48. The van der Waals surface area contributed by atoms with E-state index in [4.69, 9.17) is 4.74 Å². The highest BCUT2D eigenvalue weighted by atomic mass is 19.1. The summed E-state index contributed by atoms with van der Waals surface area (Å²) in [5.74, 6) is -0.284. The van der Waals surface area contributed by atoms with Crippen LogP contribution in [0.3, 0.4) is 0 Å². The molecule has 4 heteroatoms. The van der Waals surface area contributed by atoms with Crippen molar-refractivity contribution in [2.45, 2.75) is 44.2 Å². The van der Waals surface area contributed by atoms with Crippen LogP contribution in [-0.2, 0) is 4.74 Å². The summed E-state index contributed by atoms with van der Waals surface area (Å²) >= 11 is 0. The fraction of sp³-hybridized carbons (Fsp3) is 0.625. The van der Waals surface area contributed by atoms with Crippen LogP contribution >= 0.6 is 0 Å². The molecule has 1 aliphatic carbocycles. The largest absolute Gasteiger partial charge is 0.376 e. The van der Waals surface area contributed by atoms with E-state index in [1.165, 1.54) is 12.1 Å². The van der Waals surface area contributed by atoms with E-state index in [1.807, 2.05) is 0 Å². The lowest BCUT2D eigenvalue weighted by atomic mass is 9.72. The van der Waals surface area contributed by atoms with Crippen molar-refractivity contribution in [2.75, 3.05) is 14.2 Å². The number of hydrogen-bond acceptors (Lipinski definition) is 2. The highest BCUT2D eigenvalue weighted by molar-refractivity contribution is 5.26. The predicted molar refractivity (Wildman–Crippen MR) is 75.5 cm³/mol. The summed E-state index contributed by atoms with van der Waals surface area (Å²) in [5.41, 5.74) is -0.121. The molecule has 1 aliphatic rings. The zero-order valence-electron chi connectivity index (χ0n) is 12.4. The average Bonchev–Trinajstić information content (AvgIpc) is 2.43. The SMILES string of the molecule is CNC(c1cc(F)ccc1F)C1(OC)CCCC(C)C1. The van der Waals surface area contributed by atoms with Crippen LogP contribution in [-0.4, -0.2) is 19.8 Å². The van der Waals surface area contributed by atoms with Gasteiger partial charge in [0.1, 0.15) is 11.6 Å². The van der Waals surface area contributed by atoms with Crippen LogP contribution < -0.4 is 5.32 Å². The lowest BCUT2D eigenvalue weighted by Gasteiger charge is -2.44. The van der Waals surface area contributed by atoms with Gasteiger partial charge in [-0.05, 0) is 44.0 Å². The number of methoxy groups -OCH3 is 1. The molecule has 0 amide bonds. The molecule has 1 N–H and O–H groups in total. The molecule has 2 nitrogen and oxygen atoms in total. The van der Waals surface area contributed by atoms with Crippen LogP contribution in [0.1, 0.15) is 44.2 Å². The number of ether oxygens (including phenoxy) is 1. The molecule has 3 unspecified atom stereocenters. The van der Waals surface area contributed by atoms with Gasteiger partial charge in [-0.3, -0.25) is 0 Å². The Kier molecular flexibility index (Phi) is 4.76. The molecule has 0 aromatic heterocycles. The van der Waals surface area contributed by atoms with Gasteiger partial charge in [0, 0.05) is 12.7 Å². The Morgan fingerprint density at radius 2 is 2.15 bits per heavy atom. The van der Waals surface area contributed by atoms with Crippen molar-refractivity contribution in [1.29, 1.82) is 0 Å². The number of nitrogens with one attached hydrogen (secondary N) is 1. The van der Waals surface area contributed by atoms with Crippen LogP contribution in [0.15, 0.2) is 18.2 Å². The van der Waals surface area contributed by atoms with Gasteiger partial charge < -0.3 is 10.1 Å². The standard InChI is InChI=1S/C16H23F2NO/c1-11-5-4-8-16(10-11,20-3)15(19-2)13-9-12(17)6-7-14(13)18/h6-7,9,11,15,19H,4-5,8,10H2,1-3H3. The highest BCUT2D eigenvalue weighted by Gasteiger charge is 2.43. The van der Waals surface area contributed by atoms with E-state index in [0.717, 1.165) is 31.7 Å². The molecule has 20 heavy (non-hydrogen) atoms. The van der Waals surface area contributed by atoms with Crippen LogP contribution in [0.5, 0.6) is 0 Å². The van der Waals surface area contributed by atoms with Crippen molar-refractivity contribution >= 4 is 0 Å². The van der Waals surface area contributed by atoms with Crippen LogP contribution in [0, 0.1) is 17.6 Å². The van der Waals surface area contributed by atoms with E-state index in [1.54, 1.807) is 14.2 Å². The fourth-order valence-electron chi connectivity index (χ4n) is 3.55. The third-order valence-electron chi connectivity index (χ3n) is 4.48. The Bertz CT molecular complexity index is 466. The second-order valence-electron chi connectivity index (χ2n) is 5.86. The minimum atomic E-state index is -0.471. The van der Waals surface area contributed by atoms with Crippen LogP contribution in [0.2, 0.25) is 0 Å². The Labute approximate surface area is 119 Å². The summed E-state index contributed by atoms with van der Waals surface area (Å²) in [4.78, 5) is 0. The molecule has 1 saturated carbocycles. The van der Waals surface area contributed by atoms with Gasteiger partial charge in [-0.2, -0.15) is 0 Å². The Morgan fingerprint density at radius 3 is 2.75 bits per heavy atom. The van der Waals surface area contributed by atoms with E-state index in [2.05, 4.69) is 12.2 Å². The van der Waals surface area contributed by atoms with Crippen molar-refractivity contribution in [3.63, 3.8) is 0 Å². The Hall–Kier alpha value is -1.00. The van der Waals surface area contributed by atoms with Gasteiger partial charge in [0.05, 0.1) is 11.6 Å². The molecule has 1 aromatic carbocycles. The van der Waals surface area contributed by atoms with Gasteiger partial charge in [-0.25, -0.2) is 8.78 Å². The Balaban J connectivity index is 2.41. The molecule has 0 radical (unpaired) electrons. The van der Waals surface area contributed by atoms with E-state index in [0.29, 0.717) is 11.5 Å². The van der Waals surface area contributed by atoms with E-state index < -0.39 is 11.4 Å². The number of likely N-dealkylation sites (N-methyl/N-ethyl adjacent to an activating group) is 1. The van der Waals surface area contributed by atoms with Gasteiger partial charge in [0.15, 0.2) is 0 Å². The smallest absolute Gasteiger partial charge is 0.128 e. The molecule has 112 valence electrons. The summed E-state index contributed by atoms with van der Waals surface area (Å²) in [6.45, 7) is 2.18. The first-order chi connectivity index (χ1) is 9.52. The quantitative estimate of drug-likeness (QED) is 0.907. The number of benzene rings is 1. The van der Waals surface area contributed by atoms with E-state index in [-0.39, 0.29) is 11.9 Å². The molecular weight excluding hydrogens is 260 g/mol. The second-order valence-corrected chi connectivity index (χ2v) is 5.86. The van der Waals surface area contributed by atoms with Gasteiger partial charge in [-0.1, -0.05) is 19.8 Å². The van der Waals surface area contributed by atoms with E-state index in [9.17, 15) is 8.78 Å². The van der Waals surface area contributed by atoms with Crippen LogP contribution in [0.4, 0.5) is 8.78 Å². The van der Waals surface area contributed by atoms with Gasteiger partial charge >= 0.3 is 0 Å². The fourth-order valence-corrected chi connectivity index (χ4v) is 3.55. The van der Waals surface area contributed by atoms with Gasteiger partial charge in [0.25, 0.3) is 0 Å². The van der Waals surface area contributed by atoms with Crippen molar-refractivity contribution in [3.05, 3.63) is 35.4 Å². The monoisotopic (exact) mass is 283 g/mol. The second kappa shape index (κ2) is 6.19. The number of hydrogen-bond donors (Lipinski definition) is 1. The zero-order chi connectivity index (χ0) is 14.8. The highest BCUT2D eigenvalue weighted by Crippen LogP contribution is 2.43. The van der Waals surface area contributed by atoms with Crippen molar-refractivity contribution in [1.82, 2.24) is 5.32 Å². The number of halogens is 2. The molecule has 1 fully saturated rings. The normalized spacial score (nSPS) is 28.4. The molecule has 1 aromatic rings. The maximum atomic E-state index is 14.1. The summed E-state index contributed by atoms with van der Waals surface area (Å²) in [6, 6.07) is 3.27. The average molecular weight is 283 g/mol. The maximum absolute atomic E-state index is 14.1. The Morgan fingerprint density at radius 1 is 1.40 bits per heavy atom. The first kappa shape index (κ1) is 15.4. The number of rotatable bonds is 4. The lowest BCUT2D eigenvalue weighted by molar-refractivity contribution is -0.0797. The van der Waals surface area contributed by atoms with Gasteiger partial charge in [0.2, 0.25) is 0 Å². The minimum absolute atomic E-state index is 0.342. The topological polar surface area (TPSA) is 21.3 Å². The molecule has 0 heterocycles. The molecule has 0 aliphatic heterocycles. The van der Waals surface area contributed by atoms with E-state index >= 15 is 0 Å². The third kappa shape index (κ3) is 2.86. The van der Waals surface area contributed by atoms with Crippen molar-refractivity contribution in [2.24, 2.45) is 5.92 Å². The molecule has 0 bridgehead atoms. The molecule has 0 saturated heterocycles. The summed E-state index contributed by atoms with van der Waals surface area (Å²) in [7, 11) is 3.44. The first-order valence-electron chi connectivity index (χ1n) is 7.20. The van der Waals surface area contributed by atoms with Crippen LogP contribution in [0.25, 0.3) is 0 Å². The van der Waals surface area contributed by atoms with Crippen molar-refractivity contribution in [3.8, 4) is 0 Å². The summed E-state index contributed by atoms with van der Waals surface area (Å²) in [6.07, 6.45) is 3.91. The summed E-state index contributed by atoms with van der Waals surface area (Å²) in [5, 5.41) is 3.14. The van der Waals surface area contributed by atoms with Crippen molar-refractivity contribution < 1.29 is 13.5 Å². The maximum Gasteiger partial charge on any atom is 0.128 e. The minimum Gasteiger partial charge on any atom is -0.376 e. The molecule has 2 rings (SSSR count). The zero-order valence-corrected chi connectivity index (χ0v) is 12.4. The molecule has 3 atom stereocenters. The predicted octanol–water partition coefficient (Wildman–Crippen LogP) is 3.82. The molecular formula is C16H23F2NO. The summed E-state index contributed by atoms with van der Waals surface area (Å²) < 4.78 is 33.4. The first-order valence-corrected chi connectivity index (χ1v) is 7.20. The molecule has 0 spiro atoms.